The van der Waals surface area contributed by atoms with E-state index in [9.17, 15) is 4.79 Å². The molecule has 4 atom stereocenters. The van der Waals surface area contributed by atoms with E-state index in [0.29, 0.717) is 12.0 Å². The number of benzene rings is 1. The molecular formula is C28H37N3O2. The molecule has 1 aromatic heterocycles. The van der Waals surface area contributed by atoms with Gasteiger partial charge in [-0.05, 0) is 81.4 Å². The molecule has 1 amide bonds. The quantitative estimate of drug-likeness (QED) is 0.662. The number of aromatic nitrogens is 1. The van der Waals surface area contributed by atoms with Gasteiger partial charge in [-0.2, -0.15) is 0 Å². The van der Waals surface area contributed by atoms with Crippen molar-refractivity contribution in [3.63, 3.8) is 0 Å². The van der Waals surface area contributed by atoms with Gasteiger partial charge in [-0.3, -0.25) is 4.79 Å². The average Bonchev–Trinajstić information content (AvgIpc) is 3.71. The van der Waals surface area contributed by atoms with Gasteiger partial charge in [-0.1, -0.05) is 18.2 Å². The molecule has 3 fully saturated rings. The predicted molar refractivity (Wildman–Crippen MR) is 131 cm³/mol. The Morgan fingerprint density at radius 3 is 2.79 bits per heavy atom. The minimum atomic E-state index is 0.0815. The SMILES string of the molecule is COC1=CC2(CCn3c(C(=O)NC4CCN(C(C)C)CC4)cc4ccccc43)CC2C2CC12. The lowest BCUT2D eigenvalue weighted by atomic mass is 9.91. The summed E-state index contributed by atoms with van der Waals surface area (Å²) in [5.74, 6) is 3.65. The molecule has 33 heavy (non-hydrogen) atoms. The summed E-state index contributed by atoms with van der Waals surface area (Å²) in [4.78, 5) is 15.9. The zero-order valence-electron chi connectivity index (χ0n) is 20.2. The second-order valence-electron chi connectivity index (χ2n) is 11.2. The van der Waals surface area contributed by atoms with Crippen molar-refractivity contribution in [1.29, 1.82) is 0 Å². The monoisotopic (exact) mass is 447 g/mol. The van der Waals surface area contributed by atoms with Crippen LogP contribution in [0.2, 0.25) is 0 Å². The summed E-state index contributed by atoms with van der Waals surface area (Å²) >= 11 is 0. The summed E-state index contributed by atoms with van der Waals surface area (Å²) in [6.07, 6.45) is 8.18. The van der Waals surface area contributed by atoms with E-state index in [-0.39, 0.29) is 17.4 Å². The van der Waals surface area contributed by atoms with Gasteiger partial charge in [-0.25, -0.2) is 0 Å². The number of para-hydroxylation sites is 1. The Bertz CT molecular complexity index is 1090. The number of carbonyl (C=O) groups is 1. The summed E-state index contributed by atoms with van der Waals surface area (Å²) in [5.41, 5.74) is 2.26. The van der Waals surface area contributed by atoms with Gasteiger partial charge in [0.1, 0.15) is 5.69 Å². The van der Waals surface area contributed by atoms with Crippen molar-refractivity contribution >= 4 is 16.8 Å². The first-order valence-corrected chi connectivity index (χ1v) is 12.9. The number of methoxy groups -OCH3 is 1. The number of carbonyl (C=O) groups excluding carboxylic acids is 1. The maximum Gasteiger partial charge on any atom is 0.268 e. The number of nitrogens with zero attached hydrogens (tertiary/aromatic N) is 2. The molecule has 4 aliphatic rings. The molecule has 1 saturated heterocycles. The van der Waals surface area contributed by atoms with Crippen molar-refractivity contribution in [2.24, 2.45) is 23.2 Å². The third kappa shape index (κ3) is 3.69. The van der Waals surface area contributed by atoms with Crippen LogP contribution in [0, 0.1) is 23.2 Å². The van der Waals surface area contributed by atoms with Crippen LogP contribution in [0.25, 0.3) is 10.9 Å². The lowest BCUT2D eigenvalue weighted by Gasteiger charge is -2.34. The number of amides is 1. The number of aryl methyl sites for hydroxylation is 1. The zero-order valence-corrected chi connectivity index (χ0v) is 20.2. The minimum absolute atomic E-state index is 0.0815. The highest BCUT2D eigenvalue weighted by atomic mass is 16.5. The number of ether oxygens (including phenoxy) is 1. The summed E-state index contributed by atoms with van der Waals surface area (Å²) in [7, 11) is 1.82. The number of hydrogen-bond donors (Lipinski definition) is 1. The van der Waals surface area contributed by atoms with Crippen molar-refractivity contribution in [3.8, 4) is 0 Å². The Morgan fingerprint density at radius 2 is 2.03 bits per heavy atom. The number of likely N-dealkylation sites (tertiary alicyclic amines) is 1. The Hall–Kier alpha value is -2.27. The molecule has 0 spiro atoms. The molecule has 0 radical (unpaired) electrons. The van der Waals surface area contributed by atoms with Gasteiger partial charge in [-0.15, -0.1) is 0 Å². The highest BCUT2D eigenvalue weighted by molar-refractivity contribution is 5.98. The Balaban J connectivity index is 1.20. The highest BCUT2D eigenvalue weighted by Gasteiger charge is 2.66. The second kappa shape index (κ2) is 7.90. The van der Waals surface area contributed by atoms with Crippen molar-refractivity contribution in [3.05, 3.63) is 47.9 Å². The van der Waals surface area contributed by atoms with Crippen molar-refractivity contribution < 1.29 is 9.53 Å². The molecule has 3 aliphatic carbocycles. The van der Waals surface area contributed by atoms with E-state index in [1.54, 1.807) is 0 Å². The Kier molecular flexibility index (Phi) is 5.09. The molecule has 5 heteroatoms. The van der Waals surface area contributed by atoms with Crippen molar-refractivity contribution in [1.82, 2.24) is 14.8 Å². The van der Waals surface area contributed by atoms with E-state index in [1.807, 2.05) is 7.11 Å². The summed E-state index contributed by atoms with van der Waals surface area (Å²) in [5, 5.41) is 4.52. The van der Waals surface area contributed by atoms with Crippen LogP contribution >= 0.6 is 0 Å². The number of hydrogen-bond acceptors (Lipinski definition) is 3. The van der Waals surface area contributed by atoms with Crippen molar-refractivity contribution in [2.45, 2.75) is 64.6 Å². The minimum Gasteiger partial charge on any atom is -0.501 e. The average molecular weight is 448 g/mol. The van der Waals surface area contributed by atoms with Crippen LogP contribution in [0.4, 0.5) is 0 Å². The van der Waals surface area contributed by atoms with Gasteiger partial charge in [0.15, 0.2) is 0 Å². The van der Waals surface area contributed by atoms with E-state index < -0.39 is 0 Å². The smallest absolute Gasteiger partial charge is 0.268 e. The van der Waals surface area contributed by atoms with Gasteiger partial charge >= 0.3 is 0 Å². The molecule has 1 N–H and O–H groups in total. The fourth-order valence-electron chi connectivity index (χ4n) is 6.82. The summed E-state index contributed by atoms with van der Waals surface area (Å²) < 4.78 is 8.01. The summed E-state index contributed by atoms with van der Waals surface area (Å²) in [6.45, 7) is 7.50. The van der Waals surface area contributed by atoms with Crippen LogP contribution in [-0.4, -0.2) is 47.7 Å². The van der Waals surface area contributed by atoms with E-state index in [0.717, 1.165) is 61.8 Å². The van der Waals surface area contributed by atoms with E-state index >= 15 is 0 Å². The molecule has 4 unspecified atom stereocenters. The first-order valence-electron chi connectivity index (χ1n) is 12.9. The highest BCUT2D eigenvalue weighted by Crippen LogP contribution is 2.72. The Morgan fingerprint density at radius 1 is 1.24 bits per heavy atom. The largest absolute Gasteiger partial charge is 0.501 e. The van der Waals surface area contributed by atoms with Crippen LogP contribution in [-0.2, 0) is 11.3 Å². The van der Waals surface area contributed by atoms with Gasteiger partial charge in [0, 0.05) is 48.5 Å². The molecule has 1 aromatic carbocycles. The molecule has 176 valence electrons. The first kappa shape index (κ1) is 21.3. The van der Waals surface area contributed by atoms with Gasteiger partial charge in [0.05, 0.1) is 12.9 Å². The molecule has 0 bridgehead atoms. The lowest BCUT2D eigenvalue weighted by Crippen LogP contribution is -2.46. The third-order valence-electron chi connectivity index (χ3n) is 9.00. The number of nitrogens with one attached hydrogen (secondary N) is 1. The normalized spacial score (nSPS) is 31.2. The topological polar surface area (TPSA) is 46.5 Å². The van der Waals surface area contributed by atoms with Crippen LogP contribution in [0.1, 0.15) is 56.4 Å². The maximum absolute atomic E-state index is 13.4. The number of fused-ring (bicyclic) bond motifs is 4. The van der Waals surface area contributed by atoms with Gasteiger partial charge in [0.25, 0.3) is 5.91 Å². The maximum atomic E-state index is 13.4. The van der Waals surface area contributed by atoms with E-state index in [1.165, 1.54) is 24.1 Å². The first-order chi connectivity index (χ1) is 16.0. The molecule has 2 aromatic rings. The standard InChI is InChI=1S/C28H37N3O2/c1-18(2)30-11-8-20(9-12-30)29-27(32)25-14-19-6-4-5-7-24(19)31(25)13-10-28-16-23(28)21-15-22(21)26(17-28)33-3/h4-7,14,17-18,20-23H,8-13,15-16H2,1-3H3,(H,29,32). The predicted octanol–water partition coefficient (Wildman–Crippen LogP) is 4.82. The number of allylic oxidation sites excluding steroid dienone is 2. The molecule has 1 aliphatic heterocycles. The van der Waals surface area contributed by atoms with Gasteiger partial charge in [0.2, 0.25) is 0 Å². The van der Waals surface area contributed by atoms with Crippen LogP contribution in [0.15, 0.2) is 42.2 Å². The zero-order chi connectivity index (χ0) is 22.7. The second-order valence-corrected chi connectivity index (χ2v) is 11.2. The molecule has 6 rings (SSSR count). The molecular weight excluding hydrogens is 410 g/mol. The summed E-state index contributed by atoms with van der Waals surface area (Å²) in [6, 6.07) is 11.4. The molecule has 5 nitrogen and oxygen atoms in total. The lowest BCUT2D eigenvalue weighted by molar-refractivity contribution is 0.0891. The van der Waals surface area contributed by atoms with Gasteiger partial charge < -0.3 is 19.5 Å². The molecule has 2 saturated carbocycles. The van der Waals surface area contributed by atoms with Crippen LogP contribution < -0.4 is 5.32 Å². The number of rotatable bonds is 7. The fraction of sp³-hybridized carbons (Fsp3) is 0.607. The third-order valence-corrected chi connectivity index (χ3v) is 9.00. The fourth-order valence-corrected chi connectivity index (χ4v) is 6.82. The van der Waals surface area contributed by atoms with E-state index in [4.69, 9.17) is 4.74 Å². The van der Waals surface area contributed by atoms with Crippen LogP contribution in [0.3, 0.4) is 0 Å². The van der Waals surface area contributed by atoms with E-state index in [2.05, 4.69) is 65.0 Å². The Labute approximate surface area is 197 Å². The molecule has 2 heterocycles. The number of piperidine rings is 1. The van der Waals surface area contributed by atoms with Crippen molar-refractivity contribution in [2.75, 3.05) is 20.2 Å². The van der Waals surface area contributed by atoms with Crippen LogP contribution in [0.5, 0.6) is 0 Å².